The van der Waals surface area contributed by atoms with Gasteiger partial charge < -0.3 is 4.74 Å². The highest BCUT2D eigenvalue weighted by molar-refractivity contribution is 7.86. The summed E-state index contributed by atoms with van der Waals surface area (Å²) in [5.41, 5.74) is 3.09. The summed E-state index contributed by atoms with van der Waals surface area (Å²) in [6.07, 6.45) is 0. The molecule has 0 aliphatic heterocycles. The third kappa shape index (κ3) is 6.05. The standard InChI is InChI=1S/C12H13NO.C9H12O3S/c1-3-14-11-6-7-12-10(8-11)5-4-9(2)13-12;1-3-12-13(10,11)9-6-4-8(2)5-7-9/h4-8H,3H2,1-2H3;4-7H,3H2,1-2H3. The summed E-state index contributed by atoms with van der Waals surface area (Å²) < 4.78 is 32.7. The maximum absolute atomic E-state index is 11.3. The van der Waals surface area contributed by atoms with Crippen molar-refractivity contribution in [2.24, 2.45) is 0 Å². The quantitative estimate of drug-likeness (QED) is 0.596. The van der Waals surface area contributed by atoms with Crippen LogP contribution in [0.5, 0.6) is 5.75 Å². The van der Waals surface area contributed by atoms with Crippen molar-refractivity contribution in [2.75, 3.05) is 13.2 Å². The van der Waals surface area contributed by atoms with E-state index in [1.54, 1.807) is 31.2 Å². The molecule has 144 valence electrons. The van der Waals surface area contributed by atoms with E-state index >= 15 is 0 Å². The lowest BCUT2D eigenvalue weighted by Crippen LogP contribution is -2.05. The van der Waals surface area contributed by atoms with Crippen molar-refractivity contribution in [3.8, 4) is 5.75 Å². The molecule has 0 saturated carbocycles. The maximum Gasteiger partial charge on any atom is 0.296 e. The molecule has 0 saturated heterocycles. The molecule has 0 fully saturated rings. The van der Waals surface area contributed by atoms with Gasteiger partial charge in [-0.05, 0) is 64.1 Å². The Labute approximate surface area is 161 Å². The summed E-state index contributed by atoms with van der Waals surface area (Å²) in [5.74, 6) is 0.908. The van der Waals surface area contributed by atoms with Crippen LogP contribution in [0.15, 0.2) is 59.5 Å². The van der Waals surface area contributed by atoms with Crippen molar-refractivity contribution in [3.05, 3.63) is 65.9 Å². The monoisotopic (exact) mass is 387 g/mol. The molecular formula is C21H25NO4S. The summed E-state index contributed by atoms with van der Waals surface area (Å²) in [4.78, 5) is 4.63. The van der Waals surface area contributed by atoms with Crippen molar-refractivity contribution < 1.29 is 17.3 Å². The summed E-state index contributed by atoms with van der Waals surface area (Å²) in [5, 5.41) is 1.13. The number of fused-ring (bicyclic) bond motifs is 1. The largest absolute Gasteiger partial charge is 0.494 e. The SMILES string of the molecule is CCOS(=O)(=O)c1ccc(C)cc1.CCOc1ccc2nc(C)ccc2c1. The predicted molar refractivity (Wildman–Crippen MR) is 108 cm³/mol. The normalized spacial score (nSPS) is 11.0. The average molecular weight is 388 g/mol. The average Bonchev–Trinajstić information content (AvgIpc) is 2.63. The first-order chi connectivity index (χ1) is 12.9. The van der Waals surface area contributed by atoms with Crippen LogP contribution in [-0.2, 0) is 14.3 Å². The van der Waals surface area contributed by atoms with Gasteiger partial charge in [0, 0.05) is 11.1 Å². The van der Waals surface area contributed by atoms with Crippen LogP contribution < -0.4 is 4.74 Å². The lowest BCUT2D eigenvalue weighted by atomic mass is 10.2. The van der Waals surface area contributed by atoms with Gasteiger partial charge >= 0.3 is 0 Å². The number of rotatable bonds is 5. The van der Waals surface area contributed by atoms with Crippen LogP contribution in [0.1, 0.15) is 25.1 Å². The number of aromatic nitrogens is 1. The van der Waals surface area contributed by atoms with Crippen molar-refractivity contribution >= 4 is 21.0 Å². The van der Waals surface area contributed by atoms with E-state index in [1.807, 2.05) is 45.0 Å². The highest BCUT2D eigenvalue weighted by atomic mass is 32.2. The van der Waals surface area contributed by atoms with E-state index in [4.69, 9.17) is 4.74 Å². The Morgan fingerprint density at radius 1 is 0.889 bits per heavy atom. The molecule has 1 heterocycles. The summed E-state index contributed by atoms with van der Waals surface area (Å²) >= 11 is 0. The van der Waals surface area contributed by atoms with Crippen LogP contribution >= 0.6 is 0 Å². The van der Waals surface area contributed by atoms with Gasteiger partial charge in [0.1, 0.15) is 5.75 Å². The van der Waals surface area contributed by atoms with Gasteiger partial charge in [0.15, 0.2) is 0 Å². The molecule has 27 heavy (non-hydrogen) atoms. The van der Waals surface area contributed by atoms with Gasteiger partial charge in [-0.3, -0.25) is 9.17 Å². The van der Waals surface area contributed by atoms with Crippen molar-refractivity contribution in [2.45, 2.75) is 32.6 Å². The molecule has 0 bridgehead atoms. The van der Waals surface area contributed by atoms with E-state index in [0.29, 0.717) is 6.61 Å². The Morgan fingerprint density at radius 3 is 2.22 bits per heavy atom. The van der Waals surface area contributed by atoms with Gasteiger partial charge in [-0.25, -0.2) is 0 Å². The predicted octanol–water partition coefficient (Wildman–Crippen LogP) is 4.66. The Bertz CT molecular complexity index is 983. The molecule has 0 amide bonds. The first-order valence-corrected chi connectivity index (χ1v) is 10.2. The van der Waals surface area contributed by atoms with E-state index in [-0.39, 0.29) is 11.5 Å². The number of benzene rings is 2. The molecule has 0 spiro atoms. The fourth-order valence-corrected chi connectivity index (χ4v) is 3.31. The molecule has 0 N–H and O–H groups in total. The summed E-state index contributed by atoms with van der Waals surface area (Å²) in [7, 11) is -3.53. The van der Waals surface area contributed by atoms with Gasteiger partial charge in [0.05, 0.1) is 23.6 Å². The Kier molecular flexibility index (Phi) is 7.33. The molecule has 0 aliphatic rings. The first kappa shape index (κ1) is 20.9. The van der Waals surface area contributed by atoms with Crippen LogP contribution in [0.4, 0.5) is 0 Å². The molecule has 0 unspecified atom stereocenters. The highest BCUT2D eigenvalue weighted by Gasteiger charge is 2.12. The van der Waals surface area contributed by atoms with Crippen LogP contribution in [0, 0.1) is 13.8 Å². The second-order valence-corrected chi connectivity index (χ2v) is 7.53. The minimum absolute atomic E-state index is 0.163. The lowest BCUT2D eigenvalue weighted by molar-refractivity contribution is 0.338. The van der Waals surface area contributed by atoms with Crippen LogP contribution in [0.2, 0.25) is 0 Å². The zero-order chi connectivity index (χ0) is 19.9. The molecule has 0 aliphatic carbocycles. The number of hydrogen-bond donors (Lipinski definition) is 0. The number of ether oxygens (including phenoxy) is 1. The fourth-order valence-electron chi connectivity index (χ4n) is 2.39. The topological polar surface area (TPSA) is 65.5 Å². The van der Waals surface area contributed by atoms with Crippen molar-refractivity contribution in [3.63, 3.8) is 0 Å². The van der Waals surface area contributed by atoms with E-state index < -0.39 is 10.1 Å². The number of hydrogen-bond acceptors (Lipinski definition) is 5. The molecular weight excluding hydrogens is 362 g/mol. The van der Waals surface area contributed by atoms with Gasteiger partial charge in [0.25, 0.3) is 10.1 Å². The molecule has 0 atom stereocenters. The third-order valence-electron chi connectivity index (χ3n) is 3.69. The second-order valence-electron chi connectivity index (χ2n) is 5.91. The maximum atomic E-state index is 11.3. The van der Waals surface area contributed by atoms with Gasteiger partial charge in [-0.15, -0.1) is 0 Å². The second kappa shape index (κ2) is 9.48. The van der Waals surface area contributed by atoms with Gasteiger partial charge in [0.2, 0.25) is 0 Å². The molecule has 2 aromatic carbocycles. The van der Waals surface area contributed by atoms with Crippen LogP contribution in [0.25, 0.3) is 10.9 Å². The van der Waals surface area contributed by atoms with Gasteiger partial charge in [-0.2, -0.15) is 8.42 Å². The zero-order valence-electron chi connectivity index (χ0n) is 16.1. The van der Waals surface area contributed by atoms with Gasteiger partial charge in [-0.1, -0.05) is 23.8 Å². The molecule has 1 aromatic heterocycles. The lowest BCUT2D eigenvalue weighted by Gasteiger charge is -2.04. The number of nitrogens with zero attached hydrogens (tertiary/aromatic N) is 1. The van der Waals surface area contributed by atoms with Crippen LogP contribution in [0.3, 0.4) is 0 Å². The minimum atomic E-state index is -3.53. The fraction of sp³-hybridized carbons (Fsp3) is 0.286. The smallest absolute Gasteiger partial charge is 0.296 e. The number of pyridine rings is 1. The highest BCUT2D eigenvalue weighted by Crippen LogP contribution is 2.19. The molecule has 0 radical (unpaired) electrons. The summed E-state index contributed by atoms with van der Waals surface area (Å²) in [6, 6.07) is 16.6. The van der Waals surface area contributed by atoms with E-state index in [9.17, 15) is 8.42 Å². The zero-order valence-corrected chi connectivity index (χ0v) is 16.9. The van der Waals surface area contributed by atoms with E-state index in [0.717, 1.165) is 27.9 Å². The molecule has 3 aromatic rings. The van der Waals surface area contributed by atoms with Crippen molar-refractivity contribution in [1.29, 1.82) is 0 Å². The third-order valence-corrected chi connectivity index (χ3v) is 5.09. The minimum Gasteiger partial charge on any atom is -0.494 e. The Morgan fingerprint density at radius 2 is 1.59 bits per heavy atom. The molecule has 3 rings (SSSR count). The van der Waals surface area contributed by atoms with E-state index in [1.165, 1.54) is 0 Å². The summed E-state index contributed by atoms with van der Waals surface area (Å²) in [6.45, 7) is 8.39. The Hall–Kier alpha value is -2.44. The molecule has 6 heteroatoms. The number of aryl methyl sites for hydroxylation is 2. The Balaban J connectivity index is 0.000000194. The molecule has 5 nitrogen and oxygen atoms in total. The van der Waals surface area contributed by atoms with Crippen molar-refractivity contribution in [1.82, 2.24) is 4.98 Å². The first-order valence-electron chi connectivity index (χ1n) is 8.82. The van der Waals surface area contributed by atoms with E-state index in [2.05, 4.69) is 15.2 Å². The van der Waals surface area contributed by atoms with Crippen LogP contribution in [-0.4, -0.2) is 26.6 Å².